The fraction of sp³-hybridized carbons (Fsp3) is 0.100. The number of aromatic nitrogens is 2. The molecular weight excluding hydrogens is 417 g/mol. The van der Waals surface area contributed by atoms with Crippen molar-refractivity contribution in [2.75, 3.05) is 0 Å². The predicted molar refractivity (Wildman–Crippen MR) is 55.8 cm³/mol. The van der Waals surface area contributed by atoms with E-state index in [9.17, 15) is 9.59 Å². The zero-order valence-electron chi connectivity index (χ0n) is 9.40. The van der Waals surface area contributed by atoms with Crippen LogP contribution in [0, 0.1) is 6.92 Å². The summed E-state index contributed by atoms with van der Waals surface area (Å²) in [6, 6.07) is 3.48. The van der Waals surface area contributed by atoms with Gasteiger partial charge in [0.1, 0.15) is 5.52 Å². The van der Waals surface area contributed by atoms with Crippen LogP contribution >= 0.6 is 0 Å². The van der Waals surface area contributed by atoms with Crippen molar-refractivity contribution < 1.29 is 77.2 Å². The number of hydrogen-bond donors (Lipinski definition) is 1. The summed E-state index contributed by atoms with van der Waals surface area (Å²) in [6.07, 6.45) is 1.25. The number of carbonyl (C=O) groups excluding carboxylic acids is 1. The number of carbonyl (C=O) groups is 1. The van der Waals surface area contributed by atoms with Crippen molar-refractivity contribution in [2.24, 2.45) is 0 Å². The smallest absolute Gasteiger partial charge is 0.663 e. The summed E-state index contributed by atoms with van der Waals surface area (Å²) in [4.78, 5) is 29.3. The summed E-state index contributed by atoms with van der Waals surface area (Å²) in [7, 11) is 0. The number of aryl methyl sites for hydroxylation is 1. The van der Waals surface area contributed by atoms with Gasteiger partial charge >= 0.3 is 51.4 Å². The Morgan fingerprint density at radius 1 is 1.41 bits per heavy atom. The molecule has 0 spiro atoms. The Hall–Kier alpha value is 0.155. The maximum Gasteiger partial charge on any atom is 1.00 e. The molecule has 0 aliphatic rings. The maximum absolute atomic E-state index is 11.7. The van der Waals surface area contributed by atoms with Gasteiger partial charge in [0, 0.05) is 33.0 Å². The van der Waals surface area contributed by atoms with E-state index >= 15 is 0 Å². The number of pyridine rings is 2. The number of H-pyrrole nitrogens is 1. The summed E-state index contributed by atoms with van der Waals surface area (Å²) in [5.41, 5.74) is 7.69. The van der Waals surface area contributed by atoms with Gasteiger partial charge in [-0.25, -0.2) is 4.98 Å². The largest absolute Gasteiger partial charge is 1.00 e. The maximum atomic E-state index is 11.7. The zero-order chi connectivity index (χ0) is 11.0. The number of rotatable bonds is 1. The number of aromatic amines is 1. The van der Waals surface area contributed by atoms with Crippen molar-refractivity contribution in [3.8, 4) is 0 Å². The molecule has 0 atom stereocenters. The molecule has 5 nitrogen and oxygen atoms in total. The molecule has 7 heteroatoms. The number of fused-ring (bicyclic) bond motifs is 1. The quantitative estimate of drug-likeness (QED) is 0.561. The number of nitrogens with zero attached hydrogens (tertiary/aromatic N) is 1. The summed E-state index contributed by atoms with van der Waals surface area (Å²) < 4.78 is 0. The van der Waals surface area contributed by atoms with Crippen molar-refractivity contribution in [3.05, 3.63) is 45.5 Å². The van der Waals surface area contributed by atoms with Crippen LogP contribution < -0.4 is 56.8 Å². The van der Waals surface area contributed by atoms with Crippen LogP contribution in [0.3, 0.4) is 0 Å². The van der Waals surface area contributed by atoms with Crippen LogP contribution in [-0.4, -0.2) is 15.9 Å². The standard InChI is InChI=1S/C10H9N3O2.K.W/c1-5-2-3-7-8(13-5)9(14)6(4-12-7)10(11)15;;/h2-4H,1H3,(H3,11,12,14,15);;/q;+1;/p-1. The number of nitrogens with one attached hydrogen (secondary N) is 2. The number of amides is 1. The average molecular weight is 425 g/mol. The van der Waals surface area contributed by atoms with Crippen molar-refractivity contribution in [2.45, 2.75) is 6.92 Å². The van der Waals surface area contributed by atoms with E-state index in [1.807, 2.05) is 0 Å². The predicted octanol–water partition coefficient (Wildman–Crippen LogP) is -1.57. The van der Waals surface area contributed by atoms with Crippen molar-refractivity contribution >= 4 is 16.9 Å². The minimum Gasteiger partial charge on any atom is -0.663 e. The second kappa shape index (κ2) is 6.92. The first-order chi connectivity index (χ1) is 7.09. The Bertz CT molecular complexity index is 612. The first-order valence-corrected chi connectivity index (χ1v) is 4.34. The van der Waals surface area contributed by atoms with Crippen LogP contribution in [0.1, 0.15) is 16.1 Å². The van der Waals surface area contributed by atoms with Crippen LogP contribution in [0.25, 0.3) is 16.8 Å². The minimum atomic E-state index is -0.999. The van der Waals surface area contributed by atoms with Gasteiger partial charge in [0.2, 0.25) is 5.43 Å². The SMILES string of the molecule is Cc1ccc2[nH]cc(C([NH-])=O)c(=O)c2n1.[K+].[W]. The van der Waals surface area contributed by atoms with E-state index in [1.165, 1.54) is 6.20 Å². The molecule has 0 saturated carbocycles. The molecule has 2 aromatic heterocycles. The minimum absolute atomic E-state index is 0. The molecule has 2 aromatic rings. The molecule has 2 heterocycles. The molecule has 1 amide bonds. The Labute approximate surface area is 154 Å². The first kappa shape index (κ1) is 17.2. The molecule has 2 rings (SSSR count). The third kappa shape index (κ3) is 3.56. The Morgan fingerprint density at radius 2 is 2.06 bits per heavy atom. The van der Waals surface area contributed by atoms with Gasteiger partial charge in [-0.15, -0.1) is 0 Å². The summed E-state index contributed by atoms with van der Waals surface area (Å²) in [6.45, 7) is 1.76. The monoisotopic (exact) mass is 425 g/mol. The Kier molecular flexibility index (Phi) is 6.98. The molecular formula is C10H8KN3O2W. The third-order valence-corrected chi connectivity index (χ3v) is 2.11. The van der Waals surface area contributed by atoms with Crippen LogP contribution in [0.4, 0.5) is 0 Å². The average Bonchev–Trinajstić information content (AvgIpc) is 2.19. The molecule has 17 heavy (non-hydrogen) atoms. The molecule has 0 radical (unpaired) electrons. The van der Waals surface area contributed by atoms with E-state index in [2.05, 4.69) is 9.97 Å². The van der Waals surface area contributed by atoms with E-state index in [0.29, 0.717) is 11.2 Å². The zero-order valence-corrected chi connectivity index (χ0v) is 15.5. The first-order valence-electron chi connectivity index (χ1n) is 4.34. The Morgan fingerprint density at radius 3 is 2.65 bits per heavy atom. The molecule has 0 unspecified atom stereocenters. The molecule has 0 aliphatic heterocycles. The van der Waals surface area contributed by atoms with Crippen molar-refractivity contribution in [1.82, 2.24) is 9.97 Å². The van der Waals surface area contributed by atoms with Gasteiger partial charge in [-0.2, -0.15) is 0 Å². The van der Waals surface area contributed by atoms with Gasteiger partial charge in [-0.1, -0.05) is 0 Å². The van der Waals surface area contributed by atoms with Crippen LogP contribution in [-0.2, 0) is 21.1 Å². The van der Waals surface area contributed by atoms with Gasteiger partial charge in [0.05, 0.1) is 17.0 Å². The molecule has 0 fully saturated rings. The summed E-state index contributed by atoms with van der Waals surface area (Å²) in [5.74, 6) is -0.999. The number of hydrogen-bond acceptors (Lipinski definition) is 3. The third-order valence-electron chi connectivity index (χ3n) is 2.11. The van der Waals surface area contributed by atoms with E-state index in [-0.39, 0.29) is 83.5 Å². The summed E-state index contributed by atoms with van der Waals surface area (Å²) in [5, 5.41) is 0. The second-order valence-electron chi connectivity index (χ2n) is 3.21. The van der Waals surface area contributed by atoms with Gasteiger partial charge in [-0.3, -0.25) is 4.79 Å². The van der Waals surface area contributed by atoms with E-state index in [1.54, 1.807) is 19.1 Å². The molecule has 82 valence electrons. The van der Waals surface area contributed by atoms with Gasteiger partial charge in [0.25, 0.3) is 0 Å². The van der Waals surface area contributed by atoms with Crippen molar-refractivity contribution in [1.29, 1.82) is 0 Å². The van der Waals surface area contributed by atoms with Gasteiger partial charge in [0.15, 0.2) is 0 Å². The molecule has 0 aliphatic carbocycles. The van der Waals surface area contributed by atoms with E-state index in [4.69, 9.17) is 5.73 Å². The van der Waals surface area contributed by atoms with Gasteiger partial charge in [-0.05, 0) is 19.1 Å². The topological polar surface area (TPSA) is 86.6 Å². The Balaban J connectivity index is 0.00000128. The second-order valence-corrected chi connectivity index (χ2v) is 3.21. The summed E-state index contributed by atoms with van der Waals surface area (Å²) >= 11 is 0. The van der Waals surface area contributed by atoms with E-state index < -0.39 is 11.3 Å². The molecule has 0 saturated heterocycles. The molecule has 0 aromatic carbocycles. The van der Waals surface area contributed by atoms with E-state index in [0.717, 1.165) is 0 Å². The van der Waals surface area contributed by atoms with Crippen LogP contribution in [0.2, 0.25) is 0 Å². The van der Waals surface area contributed by atoms with Crippen LogP contribution in [0.5, 0.6) is 0 Å². The van der Waals surface area contributed by atoms with Gasteiger partial charge < -0.3 is 15.5 Å². The van der Waals surface area contributed by atoms with Crippen LogP contribution in [0.15, 0.2) is 23.1 Å². The molecule has 0 bridgehead atoms. The fourth-order valence-corrected chi connectivity index (χ4v) is 1.36. The van der Waals surface area contributed by atoms with Crippen molar-refractivity contribution in [3.63, 3.8) is 0 Å². The normalized spacial score (nSPS) is 9.24. The fourth-order valence-electron chi connectivity index (χ4n) is 1.36. The molecule has 2 N–H and O–H groups in total.